The SMILES string of the molecule is CO[C@H](C(C)=N)[C@H](C)S(=O)[O-]. The average molecular weight is 178 g/mol. The fraction of sp³-hybridized carbons (Fsp3) is 0.833. The summed E-state index contributed by atoms with van der Waals surface area (Å²) in [7, 11) is 1.39. The van der Waals surface area contributed by atoms with Crippen molar-refractivity contribution in [2.24, 2.45) is 0 Å². The van der Waals surface area contributed by atoms with Gasteiger partial charge in [0.1, 0.15) is 6.10 Å². The molecule has 0 bridgehead atoms. The summed E-state index contributed by atoms with van der Waals surface area (Å²) in [5, 5.41) is 6.52. The molecule has 5 heteroatoms. The first-order valence-electron chi connectivity index (χ1n) is 3.16. The third-order valence-electron chi connectivity index (χ3n) is 1.41. The van der Waals surface area contributed by atoms with E-state index in [9.17, 15) is 8.76 Å². The van der Waals surface area contributed by atoms with E-state index < -0.39 is 22.4 Å². The second-order valence-electron chi connectivity index (χ2n) is 2.30. The van der Waals surface area contributed by atoms with Crippen LogP contribution in [-0.2, 0) is 15.8 Å². The van der Waals surface area contributed by atoms with Crippen LogP contribution < -0.4 is 0 Å². The van der Waals surface area contributed by atoms with Gasteiger partial charge in [-0.3, -0.25) is 4.21 Å². The first-order chi connectivity index (χ1) is 5.00. The van der Waals surface area contributed by atoms with Crippen molar-refractivity contribution in [3.63, 3.8) is 0 Å². The molecule has 0 fully saturated rings. The summed E-state index contributed by atoms with van der Waals surface area (Å²) in [6.07, 6.45) is -0.617. The van der Waals surface area contributed by atoms with Crippen molar-refractivity contribution in [2.75, 3.05) is 7.11 Å². The van der Waals surface area contributed by atoms with Gasteiger partial charge >= 0.3 is 0 Å². The highest BCUT2D eigenvalue weighted by atomic mass is 32.2. The van der Waals surface area contributed by atoms with Gasteiger partial charge in [-0.25, -0.2) is 0 Å². The van der Waals surface area contributed by atoms with Gasteiger partial charge in [0.15, 0.2) is 0 Å². The van der Waals surface area contributed by atoms with Crippen LogP contribution in [0.2, 0.25) is 0 Å². The molecule has 0 aromatic heterocycles. The largest absolute Gasteiger partial charge is 0.772 e. The lowest BCUT2D eigenvalue weighted by atomic mass is 10.2. The Kier molecular flexibility index (Phi) is 4.48. The molecule has 4 nitrogen and oxygen atoms in total. The van der Waals surface area contributed by atoms with Crippen LogP contribution in [0.5, 0.6) is 0 Å². The van der Waals surface area contributed by atoms with Gasteiger partial charge in [-0.05, 0) is 24.9 Å². The summed E-state index contributed by atoms with van der Waals surface area (Å²) < 4.78 is 25.7. The van der Waals surface area contributed by atoms with Gasteiger partial charge in [0.05, 0.1) is 5.25 Å². The Balaban J connectivity index is 4.25. The predicted octanol–water partition coefficient (Wildman–Crippen LogP) is 0.309. The molecular formula is C6H12NO3S-. The van der Waals surface area contributed by atoms with Crippen molar-refractivity contribution in [2.45, 2.75) is 25.2 Å². The zero-order valence-corrected chi connectivity index (χ0v) is 7.60. The van der Waals surface area contributed by atoms with Crippen LogP contribution in [0.4, 0.5) is 0 Å². The number of hydrogen-bond acceptors (Lipinski definition) is 4. The lowest BCUT2D eigenvalue weighted by Crippen LogP contribution is -2.34. The van der Waals surface area contributed by atoms with Crippen LogP contribution in [0, 0.1) is 5.41 Å². The van der Waals surface area contributed by atoms with E-state index in [0.29, 0.717) is 0 Å². The topological polar surface area (TPSA) is 73.2 Å². The van der Waals surface area contributed by atoms with Gasteiger partial charge < -0.3 is 14.7 Å². The van der Waals surface area contributed by atoms with Crippen molar-refractivity contribution in [1.82, 2.24) is 0 Å². The maximum Gasteiger partial charge on any atom is 0.107 e. The molecule has 0 saturated carbocycles. The summed E-state index contributed by atoms with van der Waals surface area (Å²) in [6.45, 7) is 3.03. The molecule has 0 amide bonds. The van der Waals surface area contributed by atoms with Gasteiger partial charge in [-0.1, -0.05) is 0 Å². The molecule has 0 aliphatic rings. The molecule has 0 aromatic carbocycles. The standard InChI is InChI=1S/C6H13NO3S/c1-4(7)6(10-3)5(2)11(8)9/h5-7H,1-3H3,(H,8,9)/p-1/t5-,6+/m0/s1. The zero-order chi connectivity index (χ0) is 9.02. The van der Waals surface area contributed by atoms with E-state index in [1.165, 1.54) is 21.0 Å². The van der Waals surface area contributed by atoms with Crippen molar-refractivity contribution < 1.29 is 13.5 Å². The summed E-state index contributed by atoms with van der Waals surface area (Å²) in [6, 6.07) is 0. The summed E-state index contributed by atoms with van der Waals surface area (Å²) in [5.41, 5.74) is 0.226. The molecule has 0 aromatic rings. The minimum Gasteiger partial charge on any atom is -0.772 e. The molecule has 1 N–H and O–H groups in total. The molecule has 0 saturated heterocycles. The van der Waals surface area contributed by atoms with Gasteiger partial charge in [-0.2, -0.15) is 0 Å². The fourth-order valence-corrected chi connectivity index (χ4v) is 1.34. The Morgan fingerprint density at radius 2 is 2.18 bits per heavy atom. The van der Waals surface area contributed by atoms with Crippen molar-refractivity contribution in [3.8, 4) is 0 Å². The number of rotatable bonds is 4. The van der Waals surface area contributed by atoms with E-state index in [-0.39, 0.29) is 5.71 Å². The van der Waals surface area contributed by atoms with Crippen LogP contribution in [-0.4, -0.2) is 32.9 Å². The van der Waals surface area contributed by atoms with Crippen LogP contribution in [0.1, 0.15) is 13.8 Å². The third kappa shape index (κ3) is 3.09. The molecule has 66 valence electrons. The number of methoxy groups -OCH3 is 1. The van der Waals surface area contributed by atoms with Crippen molar-refractivity contribution in [1.29, 1.82) is 5.41 Å². The Morgan fingerprint density at radius 1 is 1.73 bits per heavy atom. The minimum absolute atomic E-state index is 0.226. The Hall–Kier alpha value is -0.260. The zero-order valence-electron chi connectivity index (χ0n) is 6.79. The highest BCUT2D eigenvalue weighted by Crippen LogP contribution is 2.05. The molecule has 3 atom stereocenters. The van der Waals surface area contributed by atoms with Crippen molar-refractivity contribution >= 4 is 16.8 Å². The van der Waals surface area contributed by atoms with Gasteiger partial charge in [0.25, 0.3) is 0 Å². The highest BCUT2D eigenvalue weighted by Gasteiger charge is 2.18. The monoisotopic (exact) mass is 178 g/mol. The average Bonchev–Trinajstić information content (AvgIpc) is 1.88. The van der Waals surface area contributed by atoms with E-state index in [1.54, 1.807) is 0 Å². The van der Waals surface area contributed by atoms with Crippen LogP contribution in [0.15, 0.2) is 0 Å². The van der Waals surface area contributed by atoms with E-state index >= 15 is 0 Å². The quantitative estimate of drug-likeness (QED) is 0.497. The molecule has 11 heavy (non-hydrogen) atoms. The Morgan fingerprint density at radius 3 is 2.27 bits per heavy atom. The second kappa shape index (κ2) is 4.58. The first-order valence-corrected chi connectivity index (χ1v) is 4.30. The maximum absolute atomic E-state index is 10.4. The molecule has 0 aliphatic heterocycles. The molecule has 0 spiro atoms. The molecule has 0 radical (unpaired) electrons. The van der Waals surface area contributed by atoms with E-state index in [2.05, 4.69) is 0 Å². The third-order valence-corrected chi connectivity index (χ3v) is 2.26. The van der Waals surface area contributed by atoms with Gasteiger partial charge in [-0.15, -0.1) is 0 Å². The van der Waals surface area contributed by atoms with Crippen LogP contribution in [0.3, 0.4) is 0 Å². The lowest BCUT2D eigenvalue weighted by Gasteiger charge is -2.23. The molecule has 0 rings (SSSR count). The smallest absolute Gasteiger partial charge is 0.107 e. The number of nitrogens with one attached hydrogen (secondary N) is 1. The van der Waals surface area contributed by atoms with Crippen LogP contribution >= 0.6 is 0 Å². The highest BCUT2D eigenvalue weighted by molar-refractivity contribution is 7.79. The number of hydrogen-bond donors (Lipinski definition) is 1. The van der Waals surface area contributed by atoms with Gasteiger partial charge in [0.2, 0.25) is 0 Å². The molecule has 0 aliphatic carbocycles. The second-order valence-corrected chi connectivity index (χ2v) is 3.57. The Labute approximate surface area is 68.7 Å². The first kappa shape index (κ1) is 10.7. The minimum atomic E-state index is -2.18. The normalized spacial score (nSPS) is 18.9. The van der Waals surface area contributed by atoms with E-state index in [4.69, 9.17) is 10.1 Å². The Bertz CT molecular complexity index is 171. The van der Waals surface area contributed by atoms with Crippen LogP contribution in [0.25, 0.3) is 0 Å². The molecular weight excluding hydrogens is 166 g/mol. The molecule has 0 heterocycles. The van der Waals surface area contributed by atoms with Crippen molar-refractivity contribution in [3.05, 3.63) is 0 Å². The van der Waals surface area contributed by atoms with Gasteiger partial charge in [0, 0.05) is 12.8 Å². The predicted molar refractivity (Wildman–Crippen MR) is 42.6 cm³/mol. The summed E-state index contributed by atoms with van der Waals surface area (Å²) >= 11 is -2.18. The summed E-state index contributed by atoms with van der Waals surface area (Å²) in [4.78, 5) is 0. The fourth-order valence-electron chi connectivity index (χ4n) is 0.821. The maximum atomic E-state index is 10.4. The van der Waals surface area contributed by atoms with E-state index in [1.807, 2.05) is 0 Å². The van der Waals surface area contributed by atoms with E-state index in [0.717, 1.165) is 0 Å². The molecule has 1 unspecified atom stereocenters. The lowest BCUT2D eigenvalue weighted by molar-refractivity contribution is 0.152. The number of ether oxygens (including phenoxy) is 1. The summed E-state index contributed by atoms with van der Waals surface area (Å²) in [5.74, 6) is 0.